The van der Waals surface area contributed by atoms with Crippen molar-refractivity contribution in [2.45, 2.75) is 49.0 Å². The molecule has 0 saturated carbocycles. The number of nitrogens with zero attached hydrogens (tertiary/aromatic N) is 2. The van der Waals surface area contributed by atoms with Gasteiger partial charge in [-0.05, 0) is 37.3 Å². The lowest BCUT2D eigenvalue weighted by molar-refractivity contribution is -0.141. The molecule has 0 spiro atoms. The third-order valence-corrected chi connectivity index (χ3v) is 7.82. The van der Waals surface area contributed by atoms with Crippen molar-refractivity contribution in [1.29, 1.82) is 0 Å². The molecule has 0 N–H and O–H groups in total. The van der Waals surface area contributed by atoms with Crippen molar-refractivity contribution in [1.82, 2.24) is 9.29 Å². The van der Waals surface area contributed by atoms with Gasteiger partial charge in [0, 0.05) is 24.3 Å². The van der Waals surface area contributed by atoms with Crippen molar-refractivity contribution < 1.29 is 30.4 Å². The van der Waals surface area contributed by atoms with Crippen molar-refractivity contribution in [3.8, 4) is 0 Å². The second-order valence-electron chi connectivity index (χ2n) is 8.48. The Hall–Kier alpha value is -2.24. The standard InChI is InChI=1S/C20H20F4N2O3SSi/c1-31(2,3)29-13-10-17-15-6-4-5-7-16(15)19(21,11-13)26(17)30(27,28)14-8-9-18(25-12-14)20(22,23)24/h4-9,11-12,17H,10H2,1-3H3. The van der Waals surface area contributed by atoms with Gasteiger partial charge in [0.2, 0.25) is 24.1 Å². The highest BCUT2D eigenvalue weighted by atomic mass is 32.2. The zero-order valence-corrected chi connectivity index (χ0v) is 18.8. The van der Waals surface area contributed by atoms with Crippen LogP contribution in [0.15, 0.2) is 59.3 Å². The molecule has 0 fully saturated rings. The van der Waals surface area contributed by atoms with Gasteiger partial charge in [-0.2, -0.15) is 13.2 Å². The Kier molecular flexibility index (Phi) is 4.87. The van der Waals surface area contributed by atoms with Crippen LogP contribution >= 0.6 is 0 Å². The molecule has 2 atom stereocenters. The van der Waals surface area contributed by atoms with E-state index < -0.39 is 46.9 Å². The third-order valence-electron chi connectivity index (χ3n) is 5.07. The topological polar surface area (TPSA) is 59.5 Å². The second kappa shape index (κ2) is 6.88. The minimum absolute atomic E-state index is 0.125. The quantitative estimate of drug-likeness (QED) is 0.353. The number of sulfonamides is 1. The number of alkyl halides is 4. The molecule has 4 rings (SSSR count). The van der Waals surface area contributed by atoms with Crippen LogP contribution in [0.2, 0.25) is 19.6 Å². The minimum atomic E-state index is -4.71. The predicted octanol–water partition coefficient (Wildman–Crippen LogP) is 5.11. The summed E-state index contributed by atoms with van der Waals surface area (Å²) in [6, 6.07) is 6.95. The van der Waals surface area contributed by atoms with Gasteiger partial charge in [-0.25, -0.2) is 12.8 Å². The van der Waals surface area contributed by atoms with Gasteiger partial charge < -0.3 is 4.43 Å². The summed E-state index contributed by atoms with van der Waals surface area (Å²) in [5, 5.41) is 0. The molecule has 0 radical (unpaired) electrons. The summed E-state index contributed by atoms with van der Waals surface area (Å²) in [5.41, 5.74) is -0.548. The van der Waals surface area contributed by atoms with Gasteiger partial charge in [0.25, 0.3) is 0 Å². The molecule has 0 amide bonds. The van der Waals surface area contributed by atoms with E-state index in [9.17, 15) is 21.6 Å². The van der Waals surface area contributed by atoms with E-state index in [4.69, 9.17) is 4.43 Å². The van der Waals surface area contributed by atoms with Gasteiger partial charge in [-0.15, -0.1) is 4.31 Å². The van der Waals surface area contributed by atoms with Crippen molar-refractivity contribution in [2.24, 2.45) is 0 Å². The van der Waals surface area contributed by atoms with Gasteiger partial charge in [-0.3, -0.25) is 4.98 Å². The first-order valence-electron chi connectivity index (χ1n) is 9.50. The second-order valence-corrected chi connectivity index (χ2v) is 14.7. The van der Waals surface area contributed by atoms with Crippen LogP contribution in [0.25, 0.3) is 0 Å². The first-order chi connectivity index (χ1) is 14.2. The van der Waals surface area contributed by atoms with E-state index in [1.54, 1.807) is 18.2 Å². The van der Waals surface area contributed by atoms with E-state index in [-0.39, 0.29) is 12.0 Å². The summed E-state index contributed by atoms with van der Waals surface area (Å²) < 4.78 is 88.4. The van der Waals surface area contributed by atoms with E-state index in [0.717, 1.165) is 6.07 Å². The van der Waals surface area contributed by atoms with Crippen LogP contribution in [0.5, 0.6) is 0 Å². The van der Waals surface area contributed by atoms with Crippen molar-refractivity contribution in [3.63, 3.8) is 0 Å². The summed E-state index contributed by atoms with van der Waals surface area (Å²) >= 11 is 0. The number of halogens is 4. The van der Waals surface area contributed by atoms with Crippen LogP contribution in [0.4, 0.5) is 17.6 Å². The average molecular weight is 473 g/mol. The fourth-order valence-corrected chi connectivity index (χ4v) is 6.60. The molecule has 3 heterocycles. The SMILES string of the molecule is C[Si](C)(C)OC1=CC2(F)c3ccccc3C(C1)N2S(=O)(=O)c1ccc(C(F)(F)F)nc1. The van der Waals surface area contributed by atoms with E-state index in [0.29, 0.717) is 27.9 Å². The number of rotatable bonds is 4. The van der Waals surface area contributed by atoms with Crippen LogP contribution < -0.4 is 0 Å². The number of hydrogen-bond donors (Lipinski definition) is 0. The van der Waals surface area contributed by atoms with Gasteiger partial charge in [0.15, 0.2) is 0 Å². The molecule has 166 valence electrons. The molecule has 1 aromatic carbocycles. The van der Waals surface area contributed by atoms with Crippen molar-refractivity contribution >= 4 is 18.3 Å². The molecule has 2 unspecified atom stereocenters. The number of aromatic nitrogens is 1. The highest BCUT2D eigenvalue weighted by Gasteiger charge is 2.59. The van der Waals surface area contributed by atoms with Gasteiger partial charge in [-0.1, -0.05) is 24.3 Å². The Morgan fingerprint density at radius 3 is 2.42 bits per heavy atom. The summed E-state index contributed by atoms with van der Waals surface area (Å²) in [7, 11) is -6.60. The molecule has 5 nitrogen and oxygen atoms in total. The molecule has 2 aliphatic rings. The fourth-order valence-electron chi connectivity index (χ4n) is 4.00. The predicted molar refractivity (Wildman–Crippen MR) is 107 cm³/mol. The van der Waals surface area contributed by atoms with Crippen LogP contribution in [0.1, 0.15) is 29.3 Å². The average Bonchev–Trinajstić information content (AvgIpc) is 2.82. The van der Waals surface area contributed by atoms with E-state index in [1.807, 2.05) is 19.6 Å². The molecule has 0 aliphatic carbocycles. The van der Waals surface area contributed by atoms with Gasteiger partial charge >= 0.3 is 6.18 Å². The van der Waals surface area contributed by atoms with E-state index in [2.05, 4.69) is 4.98 Å². The molecular formula is C20H20F4N2O3SSi. The highest BCUT2D eigenvalue weighted by Crippen LogP contribution is 2.56. The number of benzene rings is 1. The lowest BCUT2D eigenvalue weighted by Gasteiger charge is -2.38. The first kappa shape index (κ1) is 22.0. The van der Waals surface area contributed by atoms with Crippen molar-refractivity contribution in [3.05, 3.63) is 71.3 Å². The maximum absolute atomic E-state index is 16.5. The third kappa shape index (κ3) is 3.68. The molecule has 2 aromatic rings. The monoisotopic (exact) mass is 472 g/mol. The Balaban J connectivity index is 1.82. The maximum atomic E-state index is 16.5. The normalized spacial score (nSPS) is 24.0. The maximum Gasteiger partial charge on any atom is 0.433 e. The summed E-state index contributed by atoms with van der Waals surface area (Å²) in [4.78, 5) is 2.72. The fraction of sp³-hybridized carbons (Fsp3) is 0.350. The Labute approximate surface area is 178 Å². The Morgan fingerprint density at radius 1 is 1.16 bits per heavy atom. The zero-order chi connectivity index (χ0) is 22.8. The largest absolute Gasteiger partial charge is 0.547 e. The lowest BCUT2D eigenvalue weighted by atomic mass is 10.0. The number of hydrogen-bond acceptors (Lipinski definition) is 4. The van der Waals surface area contributed by atoms with Crippen LogP contribution in [-0.4, -0.2) is 26.0 Å². The first-order valence-corrected chi connectivity index (χ1v) is 14.4. The van der Waals surface area contributed by atoms with E-state index >= 15 is 4.39 Å². The van der Waals surface area contributed by atoms with Crippen LogP contribution in [0, 0.1) is 0 Å². The molecule has 2 bridgehead atoms. The van der Waals surface area contributed by atoms with Crippen molar-refractivity contribution in [2.75, 3.05) is 0 Å². The molecule has 11 heteroatoms. The van der Waals surface area contributed by atoms with Crippen LogP contribution in [-0.2, 0) is 26.4 Å². The lowest BCUT2D eigenvalue weighted by Crippen LogP contribution is -2.45. The summed E-state index contributed by atoms with van der Waals surface area (Å²) in [6.07, 6.45) is -2.80. The Bertz CT molecular complexity index is 1160. The molecule has 0 saturated heterocycles. The molecule has 1 aromatic heterocycles. The summed E-state index contributed by atoms with van der Waals surface area (Å²) in [5.74, 6) is -2.14. The summed E-state index contributed by atoms with van der Waals surface area (Å²) in [6.45, 7) is 5.81. The highest BCUT2D eigenvalue weighted by molar-refractivity contribution is 7.89. The Morgan fingerprint density at radius 2 is 1.84 bits per heavy atom. The minimum Gasteiger partial charge on any atom is -0.547 e. The molecular weight excluding hydrogens is 452 g/mol. The van der Waals surface area contributed by atoms with Gasteiger partial charge in [0.1, 0.15) is 10.6 Å². The van der Waals surface area contributed by atoms with E-state index in [1.165, 1.54) is 12.1 Å². The number of fused-ring (bicyclic) bond motifs is 5. The number of pyridine rings is 1. The molecule has 31 heavy (non-hydrogen) atoms. The zero-order valence-electron chi connectivity index (χ0n) is 16.9. The smallest absolute Gasteiger partial charge is 0.433 e. The van der Waals surface area contributed by atoms with Gasteiger partial charge in [0.05, 0.1) is 11.8 Å². The van der Waals surface area contributed by atoms with Crippen LogP contribution in [0.3, 0.4) is 0 Å². The molecule has 2 aliphatic heterocycles.